The summed E-state index contributed by atoms with van der Waals surface area (Å²) >= 11 is 0. The fourth-order valence-electron chi connectivity index (χ4n) is 2.64. The van der Waals surface area contributed by atoms with Crippen molar-refractivity contribution in [3.63, 3.8) is 0 Å². The van der Waals surface area contributed by atoms with Crippen LogP contribution in [0.1, 0.15) is 31.2 Å². The van der Waals surface area contributed by atoms with Crippen molar-refractivity contribution in [2.24, 2.45) is 17.6 Å². The average Bonchev–Trinajstić information content (AvgIpc) is 2.44. The molecule has 0 bridgehead atoms. The summed E-state index contributed by atoms with van der Waals surface area (Å²) < 4.78 is 13.4. The molecule has 1 fully saturated rings. The minimum absolute atomic E-state index is 0.00386. The summed E-state index contributed by atoms with van der Waals surface area (Å²) in [6.07, 6.45) is 3.78. The van der Waals surface area contributed by atoms with Crippen LogP contribution in [0.15, 0.2) is 18.2 Å². The molecule has 0 aromatic heterocycles. The van der Waals surface area contributed by atoms with Crippen LogP contribution in [0.25, 0.3) is 0 Å². The van der Waals surface area contributed by atoms with Crippen LogP contribution in [0.5, 0.6) is 0 Å². The van der Waals surface area contributed by atoms with Crippen LogP contribution in [0.2, 0.25) is 0 Å². The maximum atomic E-state index is 13.4. The Labute approximate surface area is 113 Å². The van der Waals surface area contributed by atoms with Crippen LogP contribution < -0.4 is 11.1 Å². The lowest BCUT2D eigenvalue weighted by atomic mass is 9.81. The number of carbonyl (C=O) groups is 1. The fraction of sp³-hybridized carbons (Fsp3) is 0.533. The summed E-state index contributed by atoms with van der Waals surface area (Å²) in [4.78, 5) is 12.2. The zero-order valence-corrected chi connectivity index (χ0v) is 11.3. The largest absolute Gasteiger partial charge is 0.330 e. The summed E-state index contributed by atoms with van der Waals surface area (Å²) in [5, 5.41) is 2.84. The molecule has 0 spiro atoms. The summed E-state index contributed by atoms with van der Waals surface area (Å²) in [5.41, 5.74) is 6.71. The second kappa shape index (κ2) is 6.15. The molecule has 1 saturated carbocycles. The van der Waals surface area contributed by atoms with E-state index in [9.17, 15) is 9.18 Å². The molecule has 0 radical (unpaired) electrons. The van der Waals surface area contributed by atoms with Gasteiger partial charge in [0, 0.05) is 17.2 Å². The number of nitrogens with two attached hydrogens (primary N) is 1. The van der Waals surface area contributed by atoms with Gasteiger partial charge in [0.05, 0.1) is 0 Å². The molecule has 1 aliphatic carbocycles. The van der Waals surface area contributed by atoms with Crippen LogP contribution in [-0.4, -0.2) is 12.5 Å². The smallest absolute Gasteiger partial charge is 0.227 e. The van der Waals surface area contributed by atoms with Gasteiger partial charge in [-0.3, -0.25) is 4.79 Å². The van der Waals surface area contributed by atoms with Crippen LogP contribution in [0, 0.1) is 24.6 Å². The quantitative estimate of drug-likeness (QED) is 0.882. The van der Waals surface area contributed by atoms with Crippen molar-refractivity contribution in [1.29, 1.82) is 0 Å². The van der Waals surface area contributed by atoms with Crippen molar-refractivity contribution < 1.29 is 9.18 Å². The third-order valence-electron chi connectivity index (χ3n) is 4.08. The number of nitrogens with one attached hydrogen (secondary N) is 1. The molecule has 3 nitrogen and oxygen atoms in total. The van der Waals surface area contributed by atoms with E-state index in [0.717, 1.165) is 25.7 Å². The van der Waals surface area contributed by atoms with Gasteiger partial charge in [0.25, 0.3) is 0 Å². The number of halogens is 1. The van der Waals surface area contributed by atoms with Gasteiger partial charge in [-0.25, -0.2) is 4.39 Å². The van der Waals surface area contributed by atoms with Gasteiger partial charge in [-0.2, -0.15) is 0 Å². The Bertz CT molecular complexity index is 453. The Balaban J connectivity index is 1.96. The Morgan fingerprint density at radius 1 is 1.37 bits per heavy atom. The highest BCUT2D eigenvalue weighted by Crippen LogP contribution is 2.29. The van der Waals surface area contributed by atoms with Gasteiger partial charge < -0.3 is 11.1 Å². The molecular formula is C15H21FN2O. The predicted molar refractivity (Wildman–Crippen MR) is 74.3 cm³/mol. The molecule has 104 valence electrons. The van der Waals surface area contributed by atoms with Crippen molar-refractivity contribution >= 4 is 11.6 Å². The average molecular weight is 264 g/mol. The zero-order chi connectivity index (χ0) is 13.8. The van der Waals surface area contributed by atoms with Gasteiger partial charge in [0.1, 0.15) is 5.82 Å². The van der Waals surface area contributed by atoms with E-state index in [1.807, 2.05) is 0 Å². The molecule has 1 aliphatic rings. The Morgan fingerprint density at radius 2 is 2.05 bits per heavy atom. The fourth-order valence-corrected chi connectivity index (χ4v) is 2.64. The maximum absolute atomic E-state index is 13.4. The highest BCUT2D eigenvalue weighted by Gasteiger charge is 2.25. The van der Waals surface area contributed by atoms with Crippen LogP contribution in [0.4, 0.5) is 10.1 Å². The van der Waals surface area contributed by atoms with Gasteiger partial charge in [-0.1, -0.05) is 6.07 Å². The SMILES string of the molecule is Cc1c(F)cccc1NC(=O)C1CCC(CN)CC1. The van der Waals surface area contributed by atoms with Crippen molar-refractivity contribution in [1.82, 2.24) is 0 Å². The van der Waals surface area contributed by atoms with E-state index < -0.39 is 0 Å². The van der Waals surface area contributed by atoms with E-state index in [0.29, 0.717) is 23.7 Å². The number of carbonyl (C=O) groups excluding carboxylic acids is 1. The lowest BCUT2D eigenvalue weighted by Crippen LogP contribution is -2.29. The summed E-state index contributed by atoms with van der Waals surface area (Å²) in [6.45, 7) is 2.38. The molecule has 3 N–H and O–H groups in total. The molecular weight excluding hydrogens is 243 g/mol. The molecule has 1 aromatic rings. The first-order valence-corrected chi connectivity index (χ1v) is 6.88. The summed E-state index contributed by atoms with van der Waals surface area (Å²) in [5.74, 6) is 0.305. The molecule has 0 aliphatic heterocycles. The highest BCUT2D eigenvalue weighted by molar-refractivity contribution is 5.93. The van der Waals surface area contributed by atoms with Crippen LogP contribution >= 0.6 is 0 Å². The molecule has 0 saturated heterocycles. The van der Waals surface area contributed by atoms with Crippen molar-refractivity contribution in [2.45, 2.75) is 32.6 Å². The van der Waals surface area contributed by atoms with Gasteiger partial charge in [0.2, 0.25) is 5.91 Å². The number of hydrogen-bond donors (Lipinski definition) is 2. The standard InChI is InChI=1S/C15H21FN2O/c1-10-13(16)3-2-4-14(10)18-15(19)12-7-5-11(9-17)6-8-12/h2-4,11-12H,5-9,17H2,1H3,(H,18,19). The van der Waals surface area contributed by atoms with Crippen LogP contribution in [0.3, 0.4) is 0 Å². The summed E-state index contributed by atoms with van der Waals surface area (Å²) in [6, 6.07) is 4.75. The molecule has 19 heavy (non-hydrogen) atoms. The van der Waals surface area contributed by atoms with Gasteiger partial charge in [0.15, 0.2) is 0 Å². The molecule has 0 unspecified atom stereocenters. The van der Waals surface area contributed by atoms with E-state index >= 15 is 0 Å². The number of benzene rings is 1. The van der Waals surface area contributed by atoms with E-state index in [1.54, 1.807) is 19.1 Å². The van der Waals surface area contributed by atoms with Crippen molar-refractivity contribution in [3.8, 4) is 0 Å². The molecule has 0 heterocycles. The third kappa shape index (κ3) is 3.32. The first kappa shape index (κ1) is 14.0. The molecule has 4 heteroatoms. The first-order chi connectivity index (χ1) is 9.11. The van der Waals surface area contributed by atoms with Crippen molar-refractivity contribution in [2.75, 3.05) is 11.9 Å². The van der Waals surface area contributed by atoms with Gasteiger partial charge >= 0.3 is 0 Å². The second-order valence-corrected chi connectivity index (χ2v) is 5.35. The predicted octanol–water partition coefficient (Wildman–Crippen LogP) is 2.84. The van der Waals surface area contributed by atoms with Gasteiger partial charge in [-0.05, 0) is 57.2 Å². The molecule has 1 amide bonds. The Morgan fingerprint density at radius 3 is 2.68 bits per heavy atom. The second-order valence-electron chi connectivity index (χ2n) is 5.35. The zero-order valence-electron chi connectivity index (χ0n) is 11.3. The minimum Gasteiger partial charge on any atom is -0.330 e. The number of anilines is 1. The monoisotopic (exact) mass is 264 g/mol. The Kier molecular flexibility index (Phi) is 4.53. The normalized spacial score (nSPS) is 23.1. The third-order valence-corrected chi connectivity index (χ3v) is 4.08. The number of hydrogen-bond acceptors (Lipinski definition) is 2. The van der Waals surface area contributed by atoms with Gasteiger partial charge in [-0.15, -0.1) is 0 Å². The molecule has 0 atom stereocenters. The number of rotatable bonds is 3. The molecule has 1 aromatic carbocycles. The maximum Gasteiger partial charge on any atom is 0.227 e. The number of amides is 1. The van der Waals surface area contributed by atoms with E-state index in [4.69, 9.17) is 5.73 Å². The Hall–Kier alpha value is -1.42. The van der Waals surface area contributed by atoms with E-state index in [1.165, 1.54) is 6.07 Å². The summed E-state index contributed by atoms with van der Waals surface area (Å²) in [7, 11) is 0. The van der Waals surface area contributed by atoms with Crippen molar-refractivity contribution in [3.05, 3.63) is 29.6 Å². The van der Waals surface area contributed by atoms with E-state index in [2.05, 4.69) is 5.32 Å². The first-order valence-electron chi connectivity index (χ1n) is 6.88. The van der Waals surface area contributed by atoms with E-state index in [-0.39, 0.29) is 17.6 Å². The highest BCUT2D eigenvalue weighted by atomic mass is 19.1. The minimum atomic E-state index is -0.287. The lowest BCUT2D eigenvalue weighted by Gasteiger charge is -2.27. The lowest BCUT2D eigenvalue weighted by molar-refractivity contribution is -0.121. The topological polar surface area (TPSA) is 55.1 Å². The molecule has 2 rings (SSSR count). The van der Waals surface area contributed by atoms with Crippen LogP contribution in [-0.2, 0) is 4.79 Å².